The van der Waals surface area contributed by atoms with Crippen LogP contribution in [0.2, 0.25) is 5.02 Å². The van der Waals surface area contributed by atoms with Crippen molar-refractivity contribution in [1.29, 1.82) is 0 Å². The number of aromatic nitrogens is 1. The van der Waals surface area contributed by atoms with Crippen molar-refractivity contribution >= 4 is 49.8 Å². The van der Waals surface area contributed by atoms with E-state index in [0.717, 1.165) is 11.1 Å². The maximum Gasteiger partial charge on any atom is 0.308 e. The number of anilines is 1. The molecule has 10 heteroatoms. The molecule has 0 aliphatic carbocycles. The van der Waals surface area contributed by atoms with Crippen molar-refractivity contribution < 1.29 is 22.7 Å². The number of aryl methyl sites for hydroxylation is 1. The van der Waals surface area contributed by atoms with Gasteiger partial charge in [-0.05, 0) is 24.6 Å². The maximum atomic E-state index is 12.3. The van der Waals surface area contributed by atoms with Crippen LogP contribution in [-0.4, -0.2) is 37.3 Å². The zero-order valence-corrected chi connectivity index (χ0v) is 15.8. The maximum absolute atomic E-state index is 12.3. The fraction of sp³-hybridized carbons (Fsp3) is 0.267. The van der Waals surface area contributed by atoms with E-state index >= 15 is 0 Å². The lowest BCUT2D eigenvalue weighted by atomic mass is 10.2. The number of amides is 1. The van der Waals surface area contributed by atoms with Gasteiger partial charge in [0.05, 0.1) is 5.75 Å². The molecule has 1 amide bonds. The number of carbonyl (C=O) groups excluding carboxylic acids is 2. The summed E-state index contributed by atoms with van der Waals surface area (Å²) in [5, 5.41) is 3.19. The zero-order chi connectivity index (χ0) is 18.6. The number of hydrogen-bond acceptors (Lipinski definition) is 7. The fourth-order valence-electron chi connectivity index (χ4n) is 1.85. The van der Waals surface area contributed by atoms with Crippen LogP contribution in [-0.2, 0) is 21.1 Å². The minimum atomic E-state index is -3.06. The van der Waals surface area contributed by atoms with Crippen molar-refractivity contribution in [2.45, 2.75) is 13.3 Å². The molecule has 0 saturated carbocycles. The van der Waals surface area contributed by atoms with Gasteiger partial charge in [0.25, 0.3) is 5.91 Å². The third-order valence-corrected chi connectivity index (χ3v) is 5.02. The first-order valence-electron chi connectivity index (χ1n) is 7.05. The van der Waals surface area contributed by atoms with E-state index in [9.17, 15) is 18.0 Å². The van der Waals surface area contributed by atoms with Crippen LogP contribution in [0.3, 0.4) is 0 Å². The summed E-state index contributed by atoms with van der Waals surface area (Å²) in [5.74, 6) is -0.815. The Bertz CT molecular complexity index is 908. The summed E-state index contributed by atoms with van der Waals surface area (Å²) in [4.78, 5) is 28.1. The fourth-order valence-corrected chi connectivity index (χ4v) is 3.61. The lowest BCUT2D eigenvalue weighted by Crippen LogP contribution is -2.12. The lowest BCUT2D eigenvalue weighted by Gasteiger charge is -2.06. The Morgan fingerprint density at radius 3 is 2.68 bits per heavy atom. The summed E-state index contributed by atoms with van der Waals surface area (Å²) in [6.45, 7) is 1.24. The van der Waals surface area contributed by atoms with Crippen molar-refractivity contribution in [3.63, 3.8) is 0 Å². The van der Waals surface area contributed by atoms with Crippen LogP contribution in [0.5, 0.6) is 5.75 Å². The molecule has 0 aliphatic rings. The van der Waals surface area contributed by atoms with E-state index in [0.29, 0.717) is 11.6 Å². The number of esters is 1. The number of halogens is 1. The van der Waals surface area contributed by atoms with Gasteiger partial charge in [-0.15, -0.1) is 11.3 Å². The largest absolute Gasteiger partial charge is 0.427 e. The molecule has 2 rings (SSSR count). The van der Waals surface area contributed by atoms with Crippen molar-refractivity contribution in [2.75, 3.05) is 17.3 Å². The molecule has 7 nitrogen and oxygen atoms in total. The topological polar surface area (TPSA) is 102 Å². The van der Waals surface area contributed by atoms with E-state index in [2.05, 4.69) is 10.3 Å². The molecule has 0 unspecified atom stereocenters. The average Bonchev–Trinajstić information content (AvgIpc) is 2.90. The highest BCUT2D eigenvalue weighted by molar-refractivity contribution is 7.90. The molecule has 1 heterocycles. The van der Waals surface area contributed by atoms with Crippen LogP contribution in [0.25, 0.3) is 0 Å². The van der Waals surface area contributed by atoms with Crippen molar-refractivity contribution in [1.82, 2.24) is 4.98 Å². The molecule has 1 N–H and O–H groups in total. The van der Waals surface area contributed by atoms with E-state index in [1.165, 1.54) is 42.7 Å². The Morgan fingerprint density at radius 1 is 1.32 bits per heavy atom. The number of carbonyl (C=O) groups is 2. The van der Waals surface area contributed by atoms with Crippen molar-refractivity contribution in [3.05, 3.63) is 39.9 Å². The van der Waals surface area contributed by atoms with Gasteiger partial charge in [0.1, 0.15) is 15.6 Å². The van der Waals surface area contributed by atoms with Gasteiger partial charge in [0.15, 0.2) is 5.13 Å². The molecule has 0 saturated heterocycles. The van der Waals surface area contributed by atoms with E-state index in [4.69, 9.17) is 16.3 Å². The molecular formula is C15H15ClN2O5S2. The lowest BCUT2D eigenvalue weighted by molar-refractivity contribution is -0.131. The van der Waals surface area contributed by atoms with Gasteiger partial charge in [-0.1, -0.05) is 11.6 Å². The number of sulfone groups is 1. The van der Waals surface area contributed by atoms with E-state index < -0.39 is 21.7 Å². The minimum absolute atomic E-state index is 0.0165. The summed E-state index contributed by atoms with van der Waals surface area (Å²) < 4.78 is 27.3. The minimum Gasteiger partial charge on any atom is -0.427 e. The predicted molar refractivity (Wildman–Crippen MR) is 96.2 cm³/mol. The van der Waals surface area contributed by atoms with Gasteiger partial charge >= 0.3 is 5.97 Å². The second-order valence-electron chi connectivity index (χ2n) is 5.23. The smallest absolute Gasteiger partial charge is 0.308 e. The standard InChI is InChI=1S/C15H15ClN2O5S2/c1-9(19)23-12-6-10(5-11(16)7-12)14(20)18-15-17-8-13(24-15)3-4-25(2,21)22/h5-8H,3-4H2,1-2H3,(H,17,18,20). The normalized spacial score (nSPS) is 11.2. The SMILES string of the molecule is CC(=O)Oc1cc(Cl)cc(C(=O)Nc2ncc(CCS(C)(=O)=O)s2)c1. The molecule has 0 atom stereocenters. The molecule has 0 aliphatic heterocycles. The summed E-state index contributed by atoms with van der Waals surface area (Å²) in [6.07, 6.45) is 3.02. The van der Waals surface area contributed by atoms with Gasteiger partial charge in [-0.3, -0.25) is 14.9 Å². The second-order valence-corrected chi connectivity index (χ2v) is 9.05. The molecule has 0 radical (unpaired) electrons. The molecular weight excluding hydrogens is 388 g/mol. The Morgan fingerprint density at radius 2 is 2.04 bits per heavy atom. The van der Waals surface area contributed by atoms with E-state index in [1.54, 1.807) is 0 Å². The molecule has 1 aromatic heterocycles. The van der Waals surface area contributed by atoms with Crippen LogP contribution < -0.4 is 10.1 Å². The van der Waals surface area contributed by atoms with Crippen LogP contribution in [0.1, 0.15) is 22.2 Å². The zero-order valence-electron chi connectivity index (χ0n) is 13.4. The van der Waals surface area contributed by atoms with Gasteiger partial charge < -0.3 is 4.74 Å². The first kappa shape index (κ1) is 19.4. The number of rotatable bonds is 6. The number of nitrogens with one attached hydrogen (secondary N) is 1. The number of ether oxygens (including phenoxy) is 1. The predicted octanol–water partition coefficient (Wildman–Crippen LogP) is 2.56. The average molecular weight is 403 g/mol. The Hall–Kier alpha value is -1.97. The van der Waals surface area contributed by atoms with Gasteiger partial charge in [0.2, 0.25) is 0 Å². The summed E-state index contributed by atoms with van der Waals surface area (Å²) in [7, 11) is -3.06. The summed E-state index contributed by atoms with van der Waals surface area (Å²) in [6, 6.07) is 4.25. The van der Waals surface area contributed by atoms with Crippen LogP contribution in [0.15, 0.2) is 24.4 Å². The highest BCUT2D eigenvalue weighted by Crippen LogP contribution is 2.24. The monoisotopic (exact) mass is 402 g/mol. The highest BCUT2D eigenvalue weighted by atomic mass is 35.5. The molecule has 25 heavy (non-hydrogen) atoms. The van der Waals surface area contributed by atoms with Crippen molar-refractivity contribution in [2.24, 2.45) is 0 Å². The first-order valence-corrected chi connectivity index (χ1v) is 10.3. The number of nitrogens with zero attached hydrogens (tertiary/aromatic N) is 1. The van der Waals surface area contributed by atoms with Gasteiger partial charge in [-0.25, -0.2) is 13.4 Å². The first-order chi connectivity index (χ1) is 11.6. The molecule has 2 aromatic rings. The molecule has 0 fully saturated rings. The van der Waals surface area contributed by atoms with Crippen LogP contribution >= 0.6 is 22.9 Å². The third kappa shape index (κ3) is 6.45. The summed E-state index contributed by atoms with van der Waals surface area (Å²) in [5.41, 5.74) is 0.205. The quantitative estimate of drug-likeness (QED) is 0.588. The summed E-state index contributed by atoms with van der Waals surface area (Å²) >= 11 is 7.12. The Labute approximate surface area is 153 Å². The second kappa shape index (κ2) is 7.94. The van der Waals surface area contributed by atoms with Crippen LogP contribution in [0.4, 0.5) is 5.13 Å². The Balaban J connectivity index is 2.08. The number of hydrogen-bond donors (Lipinski definition) is 1. The molecule has 134 valence electrons. The van der Waals surface area contributed by atoms with E-state index in [-0.39, 0.29) is 22.1 Å². The van der Waals surface area contributed by atoms with Crippen molar-refractivity contribution in [3.8, 4) is 5.75 Å². The highest BCUT2D eigenvalue weighted by Gasteiger charge is 2.13. The number of benzene rings is 1. The van der Waals surface area contributed by atoms with Gasteiger partial charge in [0, 0.05) is 34.8 Å². The number of thiazole rings is 1. The molecule has 0 spiro atoms. The molecule has 0 bridgehead atoms. The Kier molecular flexibility index (Phi) is 6.15. The van der Waals surface area contributed by atoms with Crippen LogP contribution in [0, 0.1) is 0 Å². The molecule has 1 aromatic carbocycles. The third-order valence-electron chi connectivity index (χ3n) is 2.89. The van der Waals surface area contributed by atoms with Gasteiger partial charge in [-0.2, -0.15) is 0 Å². The van der Waals surface area contributed by atoms with E-state index in [1.807, 2.05) is 0 Å².